The van der Waals surface area contributed by atoms with Crippen molar-refractivity contribution in [2.75, 3.05) is 18.5 Å². The van der Waals surface area contributed by atoms with Crippen LogP contribution < -0.4 is 5.32 Å². The van der Waals surface area contributed by atoms with Gasteiger partial charge < -0.3 is 10.4 Å². The van der Waals surface area contributed by atoms with Gasteiger partial charge in [-0.3, -0.25) is 0 Å². The lowest BCUT2D eigenvalue weighted by atomic mass is 10.2. The van der Waals surface area contributed by atoms with Crippen molar-refractivity contribution in [2.24, 2.45) is 5.92 Å². The number of nitrogens with one attached hydrogen (secondary N) is 1. The standard InChI is InChI=1S/C11H16BrN3O/c1-7(6-16)5-13-10-4-9(12)14-11(15-10)8-2-3-8/h4,7-8,16H,2-3,5-6H2,1H3,(H,13,14,15). The van der Waals surface area contributed by atoms with Gasteiger partial charge in [0, 0.05) is 25.1 Å². The van der Waals surface area contributed by atoms with Crippen LogP contribution in [0.4, 0.5) is 5.82 Å². The average Bonchev–Trinajstić information content (AvgIpc) is 3.09. The molecule has 4 nitrogen and oxygen atoms in total. The Morgan fingerprint density at radius 3 is 2.94 bits per heavy atom. The highest BCUT2D eigenvalue weighted by molar-refractivity contribution is 9.10. The summed E-state index contributed by atoms with van der Waals surface area (Å²) in [4.78, 5) is 8.83. The van der Waals surface area contributed by atoms with Gasteiger partial charge in [-0.2, -0.15) is 0 Å². The summed E-state index contributed by atoms with van der Waals surface area (Å²) in [5.41, 5.74) is 0. The first-order valence-corrected chi connectivity index (χ1v) is 6.37. The van der Waals surface area contributed by atoms with Crippen LogP contribution in [0.25, 0.3) is 0 Å². The molecule has 1 aliphatic rings. The fourth-order valence-electron chi connectivity index (χ4n) is 1.39. The van der Waals surface area contributed by atoms with E-state index in [0.717, 1.165) is 22.8 Å². The van der Waals surface area contributed by atoms with Crippen molar-refractivity contribution < 1.29 is 5.11 Å². The van der Waals surface area contributed by atoms with Crippen molar-refractivity contribution in [1.29, 1.82) is 0 Å². The number of halogens is 1. The monoisotopic (exact) mass is 285 g/mol. The molecule has 1 heterocycles. The lowest BCUT2D eigenvalue weighted by Crippen LogP contribution is -2.15. The summed E-state index contributed by atoms with van der Waals surface area (Å²) >= 11 is 3.39. The lowest BCUT2D eigenvalue weighted by molar-refractivity contribution is 0.244. The molecule has 1 aromatic heterocycles. The van der Waals surface area contributed by atoms with Crippen molar-refractivity contribution in [3.8, 4) is 0 Å². The Morgan fingerprint density at radius 2 is 2.31 bits per heavy atom. The van der Waals surface area contributed by atoms with E-state index >= 15 is 0 Å². The first-order chi connectivity index (χ1) is 7.69. The summed E-state index contributed by atoms with van der Waals surface area (Å²) in [5, 5.41) is 12.2. The van der Waals surface area contributed by atoms with Gasteiger partial charge >= 0.3 is 0 Å². The predicted molar refractivity (Wildman–Crippen MR) is 66.4 cm³/mol. The highest BCUT2D eigenvalue weighted by Gasteiger charge is 2.27. The van der Waals surface area contributed by atoms with Gasteiger partial charge in [-0.1, -0.05) is 6.92 Å². The summed E-state index contributed by atoms with van der Waals surface area (Å²) in [6.45, 7) is 2.91. The maximum Gasteiger partial charge on any atom is 0.135 e. The molecule has 0 radical (unpaired) electrons. The van der Waals surface area contributed by atoms with Crippen LogP contribution in [0.5, 0.6) is 0 Å². The minimum Gasteiger partial charge on any atom is -0.396 e. The van der Waals surface area contributed by atoms with Gasteiger partial charge in [-0.25, -0.2) is 9.97 Å². The number of rotatable bonds is 5. The number of aromatic nitrogens is 2. The van der Waals surface area contributed by atoms with E-state index in [1.54, 1.807) is 0 Å². The highest BCUT2D eigenvalue weighted by atomic mass is 79.9. The Balaban J connectivity index is 2.02. The van der Waals surface area contributed by atoms with Gasteiger partial charge in [0.05, 0.1) is 0 Å². The van der Waals surface area contributed by atoms with Crippen molar-refractivity contribution >= 4 is 21.7 Å². The smallest absolute Gasteiger partial charge is 0.135 e. The number of aliphatic hydroxyl groups excluding tert-OH is 1. The lowest BCUT2D eigenvalue weighted by Gasteiger charge is -2.11. The van der Waals surface area contributed by atoms with Crippen LogP contribution in [-0.2, 0) is 0 Å². The van der Waals surface area contributed by atoms with Crippen LogP contribution in [0, 0.1) is 5.92 Å². The molecular formula is C11H16BrN3O. The molecule has 0 aromatic carbocycles. The van der Waals surface area contributed by atoms with Crippen molar-refractivity contribution in [1.82, 2.24) is 9.97 Å². The van der Waals surface area contributed by atoms with Crippen LogP contribution in [0.3, 0.4) is 0 Å². The van der Waals surface area contributed by atoms with Crippen molar-refractivity contribution in [3.63, 3.8) is 0 Å². The Kier molecular flexibility index (Phi) is 3.76. The second-order valence-electron chi connectivity index (χ2n) is 4.38. The van der Waals surface area contributed by atoms with E-state index in [1.165, 1.54) is 12.8 Å². The highest BCUT2D eigenvalue weighted by Crippen LogP contribution is 2.38. The fourth-order valence-corrected chi connectivity index (χ4v) is 1.79. The zero-order valence-corrected chi connectivity index (χ0v) is 10.9. The molecule has 0 aliphatic heterocycles. The number of aliphatic hydroxyl groups is 1. The molecule has 0 bridgehead atoms. The quantitative estimate of drug-likeness (QED) is 0.814. The number of hydrogen-bond acceptors (Lipinski definition) is 4. The first kappa shape index (κ1) is 11.8. The summed E-state index contributed by atoms with van der Waals surface area (Å²) in [5.74, 6) is 2.55. The van der Waals surface area contributed by atoms with E-state index in [2.05, 4.69) is 31.2 Å². The summed E-state index contributed by atoms with van der Waals surface area (Å²) < 4.78 is 0.823. The van der Waals surface area contributed by atoms with Gasteiger partial charge in [0.25, 0.3) is 0 Å². The molecule has 2 N–H and O–H groups in total. The normalized spacial score (nSPS) is 17.2. The molecule has 1 atom stereocenters. The minimum atomic E-state index is 0.189. The molecule has 16 heavy (non-hydrogen) atoms. The molecule has 1 fully saturated rings. The Morgan fingerprint density at radius 1 is 1.56 bits per heavy atom. The average molecular weight is 286 g/mol. The molecule has 88 valence electrons. The third kappa shape index (κ3) is 3.15. The van der Waals surface area contributed by atoms with E-state index < -0.39 is 0 Å². The van der Waals surface area contributed by atoms with Crippen molar-refractivity contribution in [2.45, 2.75) is 25.7 Å². The molecule has 0 spiro atoms. The summed E-state index contributed by atoms with van der Waals surface area (Å²) in [6.07, 6.45) is 2.39. The third-order valence-corrected chi connectivity index (χ3v) is 3.00. The summed E-state index contributed by atoms with van der Waals surface area (Å²) in [6, 6.07) is 1.87. The second-order valence-corrected chi connectivity index (χ2v) is 5.19. The number of nitrogens with zero attached hydrogens (tertiary/aromatic N) is 2. The minimum absolute atomic E-state index is 0.189. The molecule has 0 saturated heterocycles. The fraction of sp³-hybridized carbons (Fsp3) is 0.636. The Bertz CT molecular complexity index is 368. The zero-order chi connectivity index (χ0) is 11.5. The molecule has 1 aliphatic carbocycles. The van der Waals surface area contributed by atoms with E-state index in [0.29, 0.717) is 5.92 Å². The van der Waals surface area contributed by atoms with E-state index in [-0.39, 0.29) is 12.5 Å². The molecule has 2 rings (SSSR count). The second kappa shape index (κ2) is 5.10. The van der Waals surface area contributed by atoms with E-state index in [1.807, 2.05) is 13.0 Å². The zero-order valence-electron chi connectivity index (χ0n) is 9.28. The first-order valence-electron chi connectivity index (χ1n) is 5.58. The summed E-state index contributed by atoms with van der Waals surface area (Å²) in [7, 11) is 0. The van der Waals surface area contributed by atoms with Gasteiger partial charge in [-0.05, 0) is 34.7 Å². The molecule has 1 unspecified atom stereocenters. The maximum absolute atomic E-state index is 8.94. The molecule has 0 amide bonds. The molecule has 1 saturated carbocycles. The Hall–Kier alpha value is -0.680. The van der Waals surface area contributed by atoms with Crippen LogP contribution >= 0.6 is 15.9 Å². The number of anilines is 1. The van der Waals surface area contributed by atoms with E-state index in [4.69, 9.17) is 5.11 Å². The van der Waals surface area contributed by atoms with Gasteiger partial charge in [0.15, 0.2) is 0 Å². The van der Waals surface area contributed by atoms with E-state index in [9.17, 15) is 0 Å². The van der Waals surface area contributed by atoms with Gasteiger partial charge in [0.2, 0.25) is 0 Å². The predicted octanol–water partition coefficient (Wildman–Crippen LogP) is 2.16. The van der Waals surface area contributed by atoms with Gasteiger partial charge in [0.1, 0.15) is 16.2 Å². The maximum atomic E-state index is 8.94. The molecule has 5 heteroatoms. The van der Waals surface area contributed by atoms with Crippen LogP contribution in [0.1, 0.15) is 31.5 Å². The molecule has 1 aromatic rings. The Labute approximate surface area is 104 Å². The topological polar surface area (TPSA) is 58.0 Å². The van der Waals surface area contributed by atoms with Gasteiger partial charge in [-0.15, -0.1) is 0 Å². The number of hydrogen-bond donors (Lipinski definition) is 2. The van der Waals surface area contributed by atoms with Crippen molar-refractivity contribution in [3.05, 3.63) is 16.5 Å². The molecular weight excluding hydrogens is 270 g/mol. The largest absolute Gasteiger partial charge is 0.396 e. The van der Waals surface area contributed by atoms with Crippen LogP contribution in [0.2, 0.25) is 0 Å². The van der Waals surface area contributed by atoms with Crippen LogP contribution in [-0.4, -0.2) is 28.2 Å². The van der Waals surface area contributed by atoms with Crippen LogP contribution in [0.15, 0.2) is 10.7 Å². The third-order valence-electron chi connectivity index (χ3n) is 2.60. The SMILES string of the molecule is CC(CO)CNc1cc(Br)nc(C2CC2)n1.